The number of ketones is 1. The molecule has 1 aromatic carbocycles. The minimum atomic E-state index is -0.565. The van der Waals surface area contributed by atoms with Crippen molar-refractivity contribution in [2.75, 3.05) is 14.2 Å². The summed E-state index contributed by atoms with van der Waals surface area (Å²) in [4.78, 5) is 13.0. The van der Waals surface area contributed by atoms with Crippen LogP contribution in [-0.4, -0.2) is 20.0 Å². The summed E-state index contributed by atoms with van der Waals surface area (Å²) in [7, 11) is 3.10. The van der Waals surface area contributed by atoms with Gasteiger partial charge in [-0.3, -0.25) is 4.79 Å². The van der Waals surface area contributed by atoms with Gasteiger partial charge in [0.2, 0.25) is 0 Å². The Morgan fingerprint density at radius 3 is 2.62 bits per heavy atom. The SMILES string of the molecule is COc1cccc(C2C(C#N)=C(N)NC3=C2C(=O)CC(C)(C)C3)c1OC. The molecule has 3 N–H and O–H groups in total. The van der Waals surface area contributed by atoms with Gasteiger partial charge in [0.25, 0.3) is 0 Å². The van der Waals surface area contributed by atoms with Crippen molar-refractivity contribution >= 4 is 5.78 Å². The molecule has 26 heavy (non-hydrogen) atoms. The first-order valence-corrected chi connectivity index (χ1v) is 8.47. The van der Waals surface area contributed by atoms with E-state index in [1.807, 2.05) is 12.1 Å². The number of allylic oxidation sites excluding steroid dienone is 3. The molecule has 0 saturated heterocycles. The summed E-state index contributed by atoms with van der Waals surface area (Å²) in [6, 6.07) is 7.62. The van der Waals surface area contributed by atoms with Crippen molar-refractivity contribution in [3.8, 4) is 17.6 Å². The van der Waals surface area contributed by atoms with Crippen molar-refractivity contribution in [1.82, 2.24) is 5.32 Å². The van der Waals surface area contributed by atoms with E-state index in [0.717, 1.165) is 5.70 Å². The highest BCUT2D eigenvalue weighted by molar-refractivity contribution is 6.00. The summed E-state index contributed by atoms with van der Waals surface area (Å²) in [5.74, 6) is 0.799. The highest BCUT2D eigenvalue weighted by atomic mass is 16.5. The Morgan fingerprint density at radius 2 is 2.00 bits per heavy atom. The number of methoxy groups -OCH3 is 2. The topological polar surface area (TPSA) is 97.4 Å². The van der Waals surface area contributed by atoms with Gasteiger partial charge < -0.3 is 20.5 Å². The molecule has 0 saturated carbocycles. The third-order valence-electron chi connectivity index (χ3n) is 4.94. The molecule has 1 atom stereocenters. The molecule has 0 bridgehead atoms. The number of Topliss-reactive ketones (excluding diaryl/α,β-unsaturated/α-hetero) is 1. The summed E-state index contributed by atoms with van der Waals surface area (Å²) in [5.41, 5.74) is 8.41. The molecular weight excluding hydrogens is 330 g/mol. The quantitative estimate of drug-likeness (QED) is 0.867. The van der Waals surface area contributed by atoms with E-state index in [9.17, 15) is 10.1 Å². The number of nitriles is 1. The third kappa shape index (κ3) is 2.80. The van der Waals surface area contributed by atoms with Gasteiger partial charge in [-0.25, -0.2) is 0 Å². The van der Waals surface area contributed by atoms with Crippen molar-refractivity contribution in [2.45, 2.75) is 32.6 Å². The zero-order chi connectivity index (χ0) is 19.1. The highest BCUT2D eigenvalue weighted by Gasteiger charge is 2.42. The molecule has 6 nitrogen and oxygen atoms in total. The van der Waals surface area contributed by atoms with Crippen LogP contribution < -0.4 is 20.5 Å². The van der Waals surface area contributed by atoms with Gasteiger partial charge in [0, 0.05) is 23.3 Å². The number of dihydropyridines is 1. The molecule has 1 aliphatic carbocycles. The van der Waals surface area contributed by atoms with E-state index >= 15 is 0 Å². The van der Waals surface area contributed by atoms with Gasteiger partial charge in [0.15, 0.2) is 17.3 Å². The summed E-state index contributed by atoms with van der Waals surface area (Å²) in [6.07, 6.45) is 1.12. The maximum Gasteiger partial charge on any atom is 0.164 e. The van der Waals surface area contributed by atoms with Gasteiger partial charge >= 0.3 is 0 Å². The summed E-state index contributed by atoms with van der Waals surface area (Å²) < 4.78 is 10.9. The van der Waals surface area contributed by atoms with Crippen LogP contribution in [0.5, 0.6) is 11.5 Å². The van der Waals surface area contributed by atoms with E-state index in [1.165, 1.54) is 0 Å². The van der Waals surface area contributed by atoms with Crippen LogP contribution in [0.15, 0.2) is 40.9 Å². The van der Waals surface area contributed by atoms with Crippen LogP contribution in [0.3, 0.4) is 0 Å². The molecule has 2 aliphatic rings. The highest BCUT2D eigenvalue weighted by Crippen LogP contribution is 2.49. The maximum atomic E-state index is 13.0. The zero-order valence-corrected chi connectivity index (χ0v) is 15.5. The fourth-order valence-corrected chi connectivity index (χ4v) is 3.89. The van der Waals surface area contributed by atoms with Gasteiger partial charge in [-0.05, 0) is 17.9 Å². The number of hydrogen-bond donors (Lipinski definition) is 2. The normalized spacial score (nSPS) is 21.7. The number of rotatable bonds is 3. The van der Waals surface area contributed by atoms with Crippen LogP contribution in [0.1, 0.15) is 38.2 Å². The molecule has 6 heteroatoms. The molecule has 0 aromatic heterocycles. The van der Waals surface area contributed by atoms with E-state index < -0.39 is 5.92 Å². The summed E-state index contributed by atoms with van der Waals surface area (Å²) in [5, 5.41) is 12.8. The predicted octanol–water partition coefficient (Wildman–Crippen LogP) is 2.73. The van der Waals surface area contributed by atoms with Crippen molar-refractivity contribution in [3.63, 3.8) is 0 Å². The first-order valence-electron chi connectivity index (χ1n) is 8.47. The minimum Gasteiger partial charge on any atom is -0.493 e. The van der Waals surface area contributed by atoms with E-state index in [0.29, 0.717) is 41.1 Å². The smallest absolute Gasteiger partial charge is 0.164 e. The second-order valence-electron chi connectivity index (χ2n) is 7.41. The summed E-state index contributed by atoms with van der Waals surface area (Å²) >= 11 is 0. The van der Waals surface area contributed by atoms with Gasteiger partial charge in [-0.15, -0.1) is 0 Å². The zero-order valence-electron chi connectivity index (χ0n) is 15.5. The molecule has 136 valence electrons. The van der Waals surface area contributed by atoms with E-state index in [4.69, 9.17) is 15.2 Å². The van der Waals surface area contributed by atoms with Crippen LogP contribution in [0, 0.1) is 16.7 Å². The predicted molar refractivity (Wildman–Crippen MR) is 97.3 cm³/mol. The van der Waals surface area contributed by atoms with Crippen LogP contribution in [0.4, 0.5) is 0 Å². The van der Waals surface area contributed by atoms with Crippen LogP contribution in [0.2, 0.25) is 0 Å². The molecule has 1 aliphatic heterocycles. The average molecular weight is 353 g/mol. The number of nitrogens with two attached hydrogens (primary N) is 1. The molecule has 1 unspecified atom stereocenters. The van der Waals surface area contributed by atoms with Crippen molar-refractivity contribution in [2.24, 2.45) is 11.1 Å². The van der Waals surface area contributed by atoms with E-state index in [2.05, 4.69) is 25.2 Å². The molecule has 0 radical (unpaired) electrons. The Kier molecular flexibility index (Phi) is 4.41. The van der Waals surface area contributed by atoms with Crippen LogP contribution >= 0.6 is 0 Å². The van der Waals surface area contributed by atoms with Crippen molar-refractivity contribution in [1.29, 1.82) is 5.26 Å². The number of nitrogens with one attached hydrogen (secondary N) is 1. The van der Waals surface area contributed by atoms with E-state index in [-0.39, 0.29) is 17.0 Å². The van der Waals surface area contributed by atoms with Gasteiger partial charge in [0.1, 0.15) is 5.82 Å². The Bertz CT molecular complexity index is 875. The second kappa shape index (κ2) is 6.41. The number of nitrogens with zero attached hydrogens (tertiary/aromatic N) is 1. The lowest BCUT2D eigenvalue weighted by Gasteiger charge is -2.38. The van der Waals surface area contributed by atoms with Gasteiger partial charge in [0.05, 0.1) is 31.8 Å². The molecule has 3 rings (SSSR count). The minimum absolute atomic E-state index is 0.0267. The Balaban J connectivity index is 2.26. The lowest BCUT2D eigenvalue weighted by Crippen LogP contribution is -2.39. The number of ether oxygens (including phenoxy) is 2. The molecule has 0 spiro atoms. The lowest BCUT2D eigenvalue weighted by molar-refractivity contribution is -0.118. The first kappa shape index (κ1) is 17.9. The molecular formula is C20H23N3O3. The molecule has 0 amide bonds. The number of hydrogen-bond acceptors (Lipinski definition) is 6. The van der Waals surface area contributed by atoms with E-state index in [1.54, 1.807) is 20.3 Å². The fraction of sp³-hybridized carbons (Fsp3) is 0.400. The number of carbonyl (C=O) groups is 1. The monoisotopic (exact) mass is 353 g/mol. The third-order valence-corrected chi connectivity index (χ3v) is 4.94. The van der Waals surface area contributed by atoms with Crippen LogP contribution in [0.25, 0.3) is 0 Å². The first-order chi connectivity index (χ1) is 12.3. The molecule has 1 aromatic rings. The Hall–Kier alpha value is -2.94. The molecule has 1 heterocycles. The number of benzene rings is 1. The number of para-hydroxylation sites is 1. The fourth-order valence-electron chi connectivity index (χ4n) is 3.89. The average Bonchev–Trinajstić information content (AvgIpc) is 2.58. The Labute approximate surface area is 153 Å². The van der Waals surface area contributed by atoms with Gasteiger partial charge in [-0.1, -0.05) is 26.0 Å². The van der Waals surface area contributed by atoms with Crippen molar-refractivity contribution < 1.29 is 14.3 Å². The maximum absolute atomic E-state index is 13.0. The van der Waals surface area contributed by atoms with Gasteiger partial charge in [-0.2, -0.15) is 5.26 Å². The lowest BCUT2D eigenvalue weighted by atomic mass is 9.69. The summed E-state index contributed by atoms with van der Waals surface area (Å²) in [6.45, 7) is 4.11. The van der Waals surface area contributed by atoms with Crippen LogP contribution in [-0.2, 0) is 4.79 Å². The standard InChI is InChI=1S/C20H23N3O3/c1-20(2)8-13-17(14(24)9-20)16(12(10-21)19(22)23-13)11-6-5-7-15(25-3)18(11)26-4/h5-7,16,23H,8-9,22H2,1-4H3. The van der Waals surface area contributed by atoms with Crippen molar-refractivity contribution in [3.05, 3.63) is 46.4 Å². The second-order valence-corrected chi connectivity index (χ2v) is 7.41. The number of carbonyl (C=O) groups excluding carboxylic acids is 1. The molecule has 0 fully saturated rings. The largest absolute Gasteiger partial charge is 0.493 e. The Morgan fingerprint density at radius 1 is 1.27 bits per heavy atom.